The Bertz CT molecular complexity index is 695. The molecule has 3 heterocycles. The maximum atomic E-state index is 12.0. The molecule has 6 nitrogen and oxygen atoms in total. The summed E-state index contributed by atoms with van der Waals surface area (Å²) in [6.45, 7) is 7.22. The Hall–Kier alpha value is -1.95. The molecule has 0 aliphatic carbocycles. The number of carbonyl (C=O) groups excluding carboxylic acids is 1. The molecule has 0 bridgehead atoms. The molecule has 2 aromatic heterocycles. The first kappa shape index (κ1) is 15.0. The third-order valence-electron chi connectivity index (χ3n) is 4.28. The van der Waals surface area contributed by atoms with Crippen LogP contribution in [0.3, 0.4) is 0 Å². The standard InChI is InChI=1S/C16H22N4O2/c1-11-5-4-6-19(8-11)9-13-7-14(16(21)22-3)15-18-17-12(2)20(15)10-13/h7,10-11H,4-6,8-9H2,1-3H3/t11-/m0/s1. The van der Waals surface area contributed by atoms with Crippen LogP contribution in [0, 0.1) is 12.8 Å². The normalized spacial score (nSPS) is 19.5. The fraction of sp³-hybridized carbons (Fsp3) is 0.562. The second-order valence-electron chi connectivity index (χ2n) is 6.18. The van der Waals surface area contributed by atoms with Crippen molar-refractivity contribution in [2.45, 2.75) is 33.2 Å². The lowest BCUT2D eigenvalue weighted by Crippen LogP contribution is -2.33. The summed E-state index contributed by atoms with van der Waals surface area (Å²) in [5.41, 5.74) is 2.12. The van der Waals surface area contributed by atoms with Crippen molar-refractivity contribution in [1.29, 1.82) is 0 Å². The molecule has 0 aromatic carbocycles. The minimum Gasteiger partial charge on any atom is -0.465 e. The Kier molecular flexibility index (Phi) is 4.11. The molecule has 3 rings (SSSR count). The number of esters is 1. The van der Waals surface area contributed by atoms with Crippen molar-refractivity contribution in [1.82, 2.24) is 19.5 Å². The van der Waals surface area contributed by atoms with Crippen molar-refractivity contribution in [2.75, 3.05) is 20.2 Å². The summed E-state index contributed by atoms with van der Waals surface area (Å²) < 4.78 is 6.75. The highest BCUT2D eigenvalue weighted by Gasteiger charge is 2.20. The number of aryl methyl sites for hydroxylation is 1. The number of hydrogen-bond donors (Lipinski definition) is 0. The highest BCUT2D eigenvalue weighted by atomic mass is 16.5. The van der Waals surface area contributed by atoms with E-state index in [1.807, 2.05) is 23.6 Å². The van der Waals surface area contributed by atoms with E-state index in [0.29, 0.717) is 11.2 Å². The second-order valence-corrected chi connectivity index (χ2v) is 6.18. The van der Waals surface area contributed by atoms with Gasteiger partial charge in [-0.25, -0.2) is 4.79 Å². The van der Waals surface area contributed by atoms with Gasteiger partial charge >= 0.3 is 5.97 Å². The minimum atomic E-state index is -0.369. The summed E-state index contributed by atoms with van der Waals surface area (Å²) in [6, 6.07) is 1.88. The van der Waals surface area contributed by atoms with Gasteiger partial charge in [0.1, 0.15) is 11.4 Å². The fourth-order valence-corrected chi connectivity index (χ4v) is 3.20. The van der Waals surface area contributed by atoms with E-state index < -0.39 is 0 Å². The van der Waals surface area contributed by atoms with E-state index in [1.165, 1.54) is 20.0 Å². The van der Waals surface area contributed by atoms with Gasteiger partial charge in [-0.15, -0.1) is 10.2 Å². The quantitative estimate of drug-likeness (QED) is 0.812. The monoisotopic (exact) mass is 302 g/mol. The number of hydrogen-bond acceptors (Lipinski definition) is 5. The summed E-state index contributed by atoms with van der Waals surface area (Å²) in [5.74, 6) is 1.13. The van der Waals surface area contributed by atoms with Gasteiger partial charge in [0.2, 0.25) is 0 Å². The van der Waals surface area contributed by atoms with Gasteiger partial charge in [0.15, 0.2) is 5.65 Å². The molecule has 22 heavy (non-hydrogen) atoms. The van der Waals surface area contributed by atoms with Crippen LogP contribution in [0.1, 0.15) is 41.5 Å². The molecule has 0 spiro atoms. The zero-order valence-electron chi connectivity index (χ0n) is 13.4. The first-order valence-electron chi connectivity index (χ1n) is 7.73. The predicted molar refractivity (Wildman–Crippen MR) is 82.7 cm³/mol. The number of methoxy groups -OCH3 is 1. The Morgan fingerprint density at radius 1 is 1.45 bits per heavy atom. The number of likely N-dealkylation sites (tertiary alicyclic amines) is 1. The van der Waals surface area contributed by atoms with Crippen LogP contribution in [-0.2, 0) is 11.3 Å². The van der Waals surface area contributed by atoms with Crippen molar-refractivity contribution in [3.8, 4) is 0 Å². The maximum absolute atomic E-state index is 12.0. The molecule has 1 saturated heterocycles. The number of rotatable bonds is 3. The largest absolute Gasteiger partial charge is 0.465 e. The highest BCUT2D eigenvalue weighted by molar-refractivity contribution is 5.95. The smallest absolute Gasteiger partial charge is 0.341 e. The maximum Gasteiger partial charge on any atom is 0.341 e. The van der Waals surface area contributed by atoms with E-state index in [2.05, 4.69) is 22.0 Å². The zero-order valence-corrected chi connectivity index (χ0v) is 13.4. The number of pyridine rings is 1. The van der Waals surface area contributed by atoms with Crippen LogP contribution in [0.2, 0.25) is 0 Å². The molecule has 0 N–H and O–H groups in total. The van der Waals surface area contributed by atoms with Crippen molar-refractivity contribution in [3.63, 3.8) is 0 Å². The Labute approximate surface area is 130 Å². The summed E-state index contributed by atoms with van der Waals surface area (Å²) in [6.07, 6.45) is 4.56. The average Bonchev–Trinajstić information content (AvgIpc) is 2.87. The van der Waals surface area contributed by atoms with Crippen LogP contribution in [0.15, 0.2) is 12.3 Å². The molecule has 0 amide bonds. The van der Waals surface area contributed by atoms with Crippen LogP contribution in [0.25, 0.3) is 5.65 Å². The van der Waals surface area contributed by atoms with E-state index in [4.69, 9.17) is 4.74 Å². The summed E-state index contributed by atoms with van der Waals surface area (Å²) in [4.78, 5) is 14.5. The summed E-state index contributed by atoms with van der Waals surface area (Å²) in [7, 11) is 1.39. The van der Waals surface area contributed by atoms with Gasteiger partial charge in [-0.1, -0.05) is 6.92 Å². The number of carbonyl (C=O) groups is 1. The lowest BCUT2D eigenvalue weighted by molar-refractivity contribution is 0.0602. The van der Waals surface area contributed by atoms with Gasteiger partial charge in [0.05, 0.1) is 7.11 Å². The van der Waals surface area contributed by atoms with Crippen LogP contribution in [0.4, 0.5) is 0 Å². The molecule has 1 aliphatic rings. The van der Waals surface area contributed by atoms with Gasteiger partial charge in [-0.05, 0) is 43.9 Å². The summed E-state index contributed by atoms with van der Waals surface area (Å²) >= 11 is 0. The molecular formula is C16H22N4O2. The minimum absolute atomic E-state index is 0.369. The lowest BCUT2D eigenvalue weighted by Gasteiger charge is -2.30. The molecule has 6 heteroatoms. The summed E-state index contributed by atoms with van der Waals surface area (Å²) in [5, 5.41) is 8.15. The van der Waals surface area contributed by atoms with Crippen molar-refractivity contribution < 1.29 is 9.53 Å². The average molecular weight is 302 g/mol. The van der Waals surface area contributed by atoms with Crippen LogP contribution in [0.5, 0.6) is 0 Å². The van der Waals surface area contributed by atoms with E-state index in [-0.39, 0.29) is 5.97 Å². The van der Waals surface area contributed by atoms with Crippen LogP contribution in [-0.4, -0.2) is 45.7 Å². The van der Waals surface area contributed by atoms with Crippen LogP contribution < -0.4 is 0 Å². The van der Waals surface area contributed by atoms with Crippen molar-refractivity contribution >= 4 is 11.6 Å². The number of piperidine rings is 1. The highest BCUT2D eigenvalue weighted by Crippen LogP contribution is 2.20. The first-order chi connectivity index (χ1) is 10.6. The van der Waals surface area contributed by atoms with Crippen molar-refractivity contribution in [3.05, 3.63) is 29.2 Å². The Balaban J connectivity index is 1.95. The number of aromatic nitrogens is 3. The molecule has 1 atom stereocenters. The molecule has 1 fully saturated rings. The van der Waals surface area contributed by atoms with E-state index in [1.54, 1.807) is 0 Å². The van der Waals surface area contributed by atoms with Gasteiger partial charge in [-0.3, -0.25) is 9.30 Å². The number of fused-ring (bicyclic) bond motifs is 1. The van der Waals surface area contributed by atoms with E-state index in [0.717, 1.165) is 36.9 Å². The first-order valence-corrected chi connectivity index (χ1v) is 7.73. The van der Waals surface area contributed by atoms with E-state index >= 15 is 0 Å². The number of nitrogens with zero attached hydrogens (tertiary/aromatic N) is 4. The van der Waals surface area contributed by atoms with E-state index in [9.17, 15) is 4.79 Å². The van der Waals surface area contributed by atoms with Gasteiger partial charge < -0.3 is 4.74 Å². The third kappa shape index (κ3) is 2.83. The van der Waals surface area contributed by atoms with Crippen LogP contribution >= 0.6 is 0 Å². The topological polar surface area (TPSA) is 59.7 Å². The predicted octanol–water partition coefficient (Wildman–Crippen LogP) is 2.06. The molecule has 0 radical (unpaired) electrons. The Morgan fingerprint density at radius 3 is 3.00 bits per heavy atom. The molecule has 118 valence electrons. The lowest BCUT2D eigenvalue weighted by atomic mass is 10.00. The third-order valence-corrected chi connectivity index (χ3v) is 4.28. The Morgan fingerprint density at radius 2 is 2.27 bits per heavy atom. The molecular weight excluding hydrogens is 280 g/mol. The number of ether oxygens (including phenoxy) is 1. The van der Waals surface area contributed by atoms with Gasteiger partial charge in [-0.2, -0.15) is 0 Å². The van der Waals surface area contributed by atoms with Gasteiger partial charge in [0, 0.05) is 19.3 Å². The fourth-order valence-electron chi connectivity index (χ4n) is 3.20. The van der Waals surface area contributed by atoms with Gasteiger partial charge in [0.25, 0.3) is 0 Å². The SMILES string of the molecule is COC(=O)c1cc(CN2CCC[C@H](C)C2)cn2c(C)nnc12. The second kappa shape index (κ2) is 6.04. The molecule has 0 saturated carbocycles. The molecule has 2 aromatic rings. The van der Waals surface area contributed by atoms with Crippen molar-refractivity contribution in [2.24, 2.45) is 5.92 Å². The zero-order chi connectivity index (χ0) is 15.7. The molecule has 0 unspecified atom stereocenters. The molecule has 1 aliphatic heterocycles.